The molecule has 1 amide bonds. The number of benzene rings is 2. The second-order valence-electron chi connectivity index (χ2n) is 9.78. The molecule has 0 spiro atoms. The summed E-state index contributed by atoms with van der Waals surface area (Å²) in [5, 5.41) is 17.2. The van der Waals surface area contributed by atoms with Gasteiger partial charge >= 0.3 is 5.97 Å². The zero-order valence-electron chi connectivity index (χ0n) is 21.4. The molecule has 0 unspecified atom stereocenters. The first-order chi connectivity index (χ1) is 19.3. The number of fused-ring (bicyclic) bond motifs is 2. The average Bonchev–Trinajstić information content (AvgIpc) is 3.44. The summed E-state index contributed by atoms with van der Waals surface area (Å²) < 4.78 is 16.0. The Hall–Kier alpha value is -5.19. The molecule has 1 aliphatic rings. The Bertz CT molecular complexity index is 1800. The van der Waals surface area contributed by atoms with E-state index in [1.54, 1.807) is 23.7 Å². The van der Waals surface area contributed by atoms with Crippen molar-refractivity contribution >= 4 is 34.4 Å². The minimum Gasteiger partial charge on any atom is -0.481 e. The Morgan fingerprint density at radius 1 is 1.10 bits per heavy atom. The van der Waals surface area contributed by atoms with Crippen LogP contribution in [0.25, 0.3) is 22.4 Å². The van der Waals surface area contributed by atoms with Crippen molar-refractivity contribution in [2.75, 3.05) is 11.1 Å². The summed E-state index contributed by atoms with van der Waals surface area (Å²) in [4.78, 5) is 37.6. The number of halogens is 1. The molecule has 10 nitrogen and oxygen atoms in total. The van der Waals surface area contributed by atoms with Gasteiger partial charge in [-0.3, -0.25) is 19.3 Å². The van der Waals surface area contributed by atoms with Gasteiger partial charge in [-0.05, 0) is 42.7 Å². The summed E-state index contributed by atoms with van der Waals surface area (Å²) in [5.41, 5.74) is 8.74. The number of hydrogen-bond donors (Lipinski definition) is 3. The standard InChI is InChI=1S/C29H24FN7O3/c1-29(17-11-8-16(9-12-17)10-13-22(38)39)23-25(31)33-27(34-26(23)35-28(29)40)24-18-5-2-3-7-21(18)37(36-24)15-20-19(30)6-4-14-32-20/h2-9,11-12,14H,10,13,15H2,1H3,(H,38,39)(H3,31,33,34,35,40)/t29-/m0/s1. The highest BCUT2D eigenvalue weighted by Gasteiger charge is 2.47. The van der Waals surface area contributed by atoms with E-state index in [1.165, 1.54) is 18.3 Å². The van der Waals surface area contributed by atoms with E-state index in [1.807, 2.05) is 36.4 Å². The minimum atomic E-state index is -1.15. The van der Waals surface area contributed by atoms with Crippen LogP contribution < -0.4 is 11.1 Å². The average molecular weight is 538 g/mol. The highest BCUT2D eigenvalue weighted by molar-refractivity contribution is 6.09. The number of carboxylic acid groups (broad SMARTS) is 1. The fraction of sp³-hybridized carbons (Fsp3) is 0.172. The fourth-order valence-electron chi connectivity index (χ4n) is 5.13. The summed E-state index contributed by atoms with van der Waals surface area (Å²) >= 11 is 0. The van der Waals surface area contributed by atoms with Gasteiger partial charge in [0.2, 0.25) is 5.91 Å². The molecule has 1 aliphatic heterocycles. The van der Waals surface area contributed by atoms with Crippen LogP contribution in [0.4, 0.5) is 16.0 Å². The molecule has 0 bridgehead atoms. The lowest BCUT2D eigenvalue weighted by Crippen LogP contribution is -2.33. The molecule has 11 heteroatoms. The van der Waals surface area contributed by atoms with Gasteiger partial charge in [0.25, 0.3) is 0 Å². The van der Waals surface area contributed by atoms with Gasteiger partial charge in [-0.25, -0.2) is 14.4 Å². The highest BCUT2D eigenvalue weighted by Crippen LogP contribution is 2.45. The number of aromatic nitrogens is 5. The largest absolute Gasteiger partial charge is 0.481 e. The second-order valence-corrected chi connectivity index (χ2v) is 9.78. The van der Waals surface area contributed by atoms with E-state index in [0.717, 1.165) is 16.5 Å². The van der Waals surface area contributed by atoms with Gasteiger partial charge in [-0.2, -0.15) is 5.10 Å². The third kappa shape index (κ3) is 4.12. The number of nitrogens with one attached hydrogen (secondary N) is 1. The fourth-order valence-corrected chi connectivity index (χ4v) is 5.13. The summed E-state index contributed by atoms with van der Waals surface area (Å²) in [7, 11) is 0. The Labute approximate surface area is 227 Å². The molecule has 0 radical (unpaired) electrons. The zero-order valence-corrected chi connectivity index (χ0v) is 21.4. The normalized spacial score (nSPS) is 16.2. The maximum atomic E-state index is 14.3. The smallest absolute Gasteiger partial charge is 0.303 e. The molecule has 1 atom stereocenters. The van der Waals surface area contributed by atoms with Crippen molar-refractivity contribution in [1.29, 1.82) is 0 Å². The number of aryl methyl sites for hydroxylation is 1. The van der Waals surface area contributed by atoms with Crippen LogP contribution in [0.1, 0.15) is 35.7 Å². The summed E-state index contributed by atoms with van der Waals surface area (Å²) in [6.45, 7) is 1.86. The molecule has 200 valence electrons. The number of aliphatic carboxylic acids is 1. The van der Waals surface area contributed by atoms with Crippen LogP contribution in [0.2, 0.25) is 0 Å². The van der Waals surface area contributed by atoms with E-state index in [4.69, 9.17) is 15.9 Å². The second kappa shape index (κ2) is 9.53. The van der Waals surface area contributed by atoms with Crippen LogP contribution in [0.15, 0.2) is 66.9 Å². The van der Waals surface area contributed by atoms with Crippen molar-refractivity contribution in [1.82, 2.24) is 24.7 Å². The highest BCUT2D eigenvalue weighted by atomic mass is 19.1. The third-order valence-electron chi connectivity index (χ3n) is 7.29. The Kier molecular flexibility index (Phi) is 5.98. The molecule has 0 saturated carbocycles. The molecule has 2 aromatic carbocycles. The van der Waals surface area contributed by atoms with Crippen LogP contribution in [0, 0.1) is 5.82 Å². The number of nitrogens with zero attached hydrogens (tertiary/aromatic N) is 5. The van der Waals surface area contributed by atoms with Crippen LogP contribution in [-0.4, -0.2) is 41.7 Å². The lowest BCUT2D eigenvalue weighted by molar-refractivity contribution is -0.137. The van der Waals surface area contributed by atoms with Gasteiger partial charge in [0.05, 0.1) is 23.3 Å². The number of carbonyl (C=O) groups excluding carboxylic acids is 1. The van der Waals surface area contributed by atoms with Crippen molar-refractivity contribution in [3.63, 3.8) is 0 Å². The quantitative estimate of drug-likeness (QED) is 0.283. The summed E-state index contributed by atoms with van der Waals surface area (Å²) in [5.74, 6) is -0.966. The summed E-state index contributed by atoms with van der Waals surface area (Å²) in [6, 6.07) is 17.5. The predicted molar refractivity (Wildman–Crippen MR) is 146 cm³/mol. The van der Waals surface area contributed by atoms with E-state index < -0.39 is 17.2 Å². The lowest BCUT2D eigenvalue weighted by atomic mass is 9.77. The number of carbonyl (C=O) groups is 2. The molecule has 40 heavy (non-hydrogen) atoms. The monoisotopic (exact) mass is 537 g/mol. The first-order valence-corrected chi connectivity index (χ1v) is 12.6. The van der Waals surface area contributed by atoms with Crippen molar-refractivity contribution in [2.24, 2.45) is 0 Å². The number of hydrogen-bond acceptors (Lipinski definition) is 7. The van der Waals surface area contributed by atoms with E-state index in [0.29, 0.717) is 29.1 Å². The minimum absolute atomic E-state index is 0.0186. The number of pyridine rings is 1. The third-order valence-corrected chi connectivity index (χ3v) is 7.29. The van der Waals surface area contributed by atoms with E-state index in [9.17, 15) is 14.0 Å². The maximum absolute atomic E-state index is 14.3. The maximum Gasteiger partial charge on any atom is 0.303 e. The van der Waals surface area contributed by atoms with Crippen molar-refractivity contribution in [2.45, 2.75) is 31.7 Å². The SMILES string of the molecule is C[C@@]1(c2ccc(CCC(=O)O)cc2)C(=O)Nc2nc(-c3nn(Cc4ncccc4F)c4ccccc34)nc(N)c21. The Morgan fingerprint density at radius 3 is 2.62 bits per heavy atom. The van der Waals surface area contributed by atoms with Gasteiger partial charge in [0.15, 0.2) is 5.82 Å². The molecule has 0 fully saturated rings. The number of carboxylic acids is 1. The van der Waals surface area contributed by atoms with Crippen molar-refractivity contribution in [3.8, 4) is 11.5 Å². The topological polar surface area (TPSA) is 149 Å². The number of nitrogens with two attached hydrogens (primary N) is 1. The predicted octanol–water partition coefficient (Wildman–Crippen LogP) is 3.93. The van der Waals surface area contributed by atoms with E-state index >= 15 is 0 Å². The van der Waals surface area contributed by atoms with Crippen LogP contribution >= 0.6 is 0 Å². The number of rotatable bonds is 7. The van der Waals surface area contributed by atoms with Gasteiger partial charge in [-0.15, -0.1) is 0 Å². The van der Waals surface area contributed by atoms with Crippen LogP contribution in [0.5, 0.6) is 0 Å². The number of para-hydroxylation sites is 1. The van der Waals surface area contributed by atoms with Gasteiger partial charge in [0.1, 0.15) is 28.6 Å². The van der Waals surface area contributed by atoms with E-state index in [2.05, 4.69) is 20.3 Å². The summed E-state index contributed by atoms with van der Waals surface area (Å²) in [6.07, 6.45) is 1.93. The molecule has 3 aromatic heterocycles. The van der Waals surface area contributed by atoms with Crippen LogP contribution in [0.3, 0.4) is 0 Å². The van der Waals surface area contributed by atoms with Gasteiger partial charge in [-0.1, -0.05) is 42.5 Å². The van der Waals surface area contributed by atoms with Gasteiger partial charge in [0, 0.05) is 18.0 Å². The Morgan fingerprint density at radius 2 is 1.88 bits per heavy atom. The number of nitrogen functional groups attached to an aromatic ring is 1. The molecule has 5 aromatic rings. The first-order valence-electron chi connectivity index (χ1n) is 12.6. The number of amides is 1. The molecular weight excluding hydrogens is 513 g/mol. The zero-order chi connectivity index (χ0) is 28.0. The van der Waals surface area contributed by atoms with Gasteiger partial charge < -0.3 is 16.2 Å². The van der Waals surface area contributed by atoms with Crippen LogP contribution in [-0.2, 0) is 28.0 Å². The number of anilines is 2. The first kappa shape index (κ1) is 25.1. The molecule has 4 heterocycles. The lowest BCUT2D eigenvalue weighted by Gasteiger charge is -2.23. The molecule has 0 saturated heterocycles. The van der Waals surface area contributed by atoms with Crippen molar-refractivity contribution < 1.29 is 19.1 Å². The molecule has 4 N–H and O–H groups in total. The molecule has 0 aliphatic carbocycles. The Balaban J connectivity index is 1.40. The van der Waals surface area contributed by atoms with E-state index in [-0.39, 0.29) is 36.2 Å². The molecule has 6 rings (SSSR count). The molecular formula is C29H24FN7O3. The van der Waals surface area contributed by atoms with Crippen molar-refractivity contribution in [3.05, 3.63) is 95.1 Å².